The molecule has 0 aromatic rings. The van der Waals surface area contributed by atoms with Gasteiger partial charge < -0.3 is 20.9 Å². The van der Waals surface area contributed by atoms with Crippen molar-refractivity contribution >= 4 is 22.8 Å². The molecule has 0 spiro atoms. The van der Waals surface area contributed by atoms with E-state index in [-0.39, 0.29) is 30.3 Å². The Hall–Kier alpha value is -1.65. The molecule has 0 saturated carbocycles. The molecule has 1 rings (SSSR count). The standard InChI is InChI=1S/C32H58N4O4S/c1-10-12-15-19-40-36(8)28(23(3)4)20-29(39-9)30-35-27(22-41-30)24(5)34-26(21-32(6,7)31(37)38)18-14-13-17-25(33)16-11-2/h11,13-14,16,23,25-29,34H,5,10,12,15,17-22,33H2,1-4,6-9H3,(H,37,38)/b14-13+,16-11-. The van der Waals surface area contributed by atoms with Crippen molar-refractivity contribution in [2.24, 2.45) is 22.1 Å². The molecule has 1 heterocycles. The number of nitrogens with two attached hydrogens (primary N) is 1. The van der Waals surface area contributed by atoms with Gasteiger partial charge in [-0.1, -0.05) is 64.5 Å². The van der Waals surface area contributed by atoms with Crippen LogP contribution in [-0.4, -0.2) is 78.0 Å². The number of aliphatic imine (C=N–C) groups is 1. The van der Waals surface area contributed by atoms with Crippen molar-refractivity contribution in [2.75, 3.05) is 26.5 Å². The molecule has 8 nitrogen and oxygen atoms in total. The van der Waals surface area contributed by atoms with E-state index < -0.39 is 11.4 Å². The normalized spacial score (nSPS) is 19.2. The van der Waals surface area contributed by atoms with Crippen LogP contribution >= 0.6 is 11.8 Å². The van der Waals surface area contributed by atoms with Gasteiger partial charge in [-0.25, -0.2) is 0 Å². The van der Waals surface area contributed by atoms with Gasteiger partial charge in [-0.15, -0.1) is 11.8 Å². The Kier molecular flexibility index (Phi) is 17.8. The van der Waals surface area contributed by atoms with Crippen LogP contribution in [0.4, 0.5) is 0 Å². The second-order valence-electron chi connectivity index (χ2n) is 12.0. The summed E-state index contributed by atoms with van der Waals surface area (Å²) >= 11 is 1.71. The first-order valence-electron chi connectivity index (χ1n) is 15.2. The van der Waals surface area contributed by atoms with Crippen molar-refractivity contribution in [1.29, 1.82) is 0 Å². The van der Waals surface area contributed by atoms with Gasteiger partial charge in [0.1, 0.15) is 6.10 Å². The molecule has 41 heavy (non-hydrogen) atoms. The van der Waals surface area contributed by atoms with Gasteiger partial charge in [0.25, 0.3) is 0 Å². The van der Waals surface area contributed by atoms with Gasteiger partial charge in [0.05, 0.1) is 23.1 Å². The summed E-state index contributed by atoms with van der Waals surface area (Å²) < 4.78 is 5.94. The third-order valence-corrected chi connectivity index (χ3v) is 8.68. The molecule has 0 radical (unpaired) electrons. The molecule has 1 aliphatic rings. The molecule has 0 aromatic carbocycles. The molecule has 9 heteroatoms. The second kappa shape index (κ2) is 19.5. The molecule has 0 saturated heterocycles. The number of methoxy groups -OCH3 is 1. The Morgan fingerprint density at radius 3 is 2.59 bits per heavy atom. The van der Waals surface area contributed by atoms with E-state index in [2.05, 4.69) is 44.8 Å². The van der Waals surface area contributed by atoms with E-state index >= 15 is 0 Å². The maximum atomic E-state index is 11.9. The summed E-state index contributed by atoms with van der Waals surface area (Å²) in [6.45, 7) is 17.1. The number of hydrogen-bond donors (Lipinski definition) is 3. The van der Waals surface area contributed by atoms with E-state index in [0.29, 0.717) is 18.8 Å². The number of nitrogens with one attached hydrogen (secondary N) is 1. The van der Waals surface area contributed by atoms with Crippen LogP contribution in [-0.2, 0) is 14.4 Å². The highest BCUT2D eigenvalue weighted by Crippen LogP contribution is 2.30. The minimum atomic E-state index is -0.871. The molecule has 0 aromatic heterocycles. The van der Waals surface area contributed by atoms with E-state index in [9.17, 15) is 9.90 Å². The molecule has 5 atom stereocenters. The minimum absolute atomic E-state index is 0.0206. The number of rotatable bonds is 22. The van der Waals surface area contributed by atoms with Crippen molar-refractivity contribution in [2.45, 2.75) is 117 Å². The summed E-state index contributed by atoms with van der Waals surface area (Å²) in [5.41, 5.74) is 6.01. The molecule has 1 aliphatic heterocycles. The minimum Gasteiger partial charge on any atom is -0.481 e. The highest BCUT2D eigenvalue weighted by Gasteiger charge is 2.33. The van der Waals surface area contributed by atoms with Gasteiger partial charge in [-0.05, 0) is 58.8 Å². The Morgan fingerprint density at radius 2 is 2.00 bits per heavy atom. The summed E-state index contributed by atoms with van der Waals surface area (Å²) in [6.07, 6.45) is 14.0. The molecule has 4 N–H and O–H groups in total. The smallest absolute Gasteiger partial charge is 0.309 e. The number of aliphatic carboxylic acids is 1. The van der Waals surface area contributed by atoms with E-state index in [0.717, 1.165) is 42.4 Å². The van der Waals surface area contributed by atoms with Crippen molar-refractivity contribution in [1.82, 2.24) is 10.4 Å². The quantitative estimate of drug-likeness (QED) is 0.0773. The van der Waals surface area contributed by atoms with Gasteiger partial charge in [0.15, 0.2) is 0 Å². The zero-order valence-electron chi connectivity index (χ0n) is 26.9. The third-order valence-electron chi connectivity index (χ3n) is 7.53. The van der Waals surface area contributed by atoms with E-state index in [1.54, 1.807) is 32.7 Å². The summed E-state index contributed by atoms with van der Waals surface area (Å²) in [5, 5.41) is 16.2. The molecule has 5 unspecified atom stereocenters. The van der Waals surface area contributed by atoms with E-state index in [4.69, 9.17) is 20.3 Å². The first kappa shape index (κ1) is 37.4. The monoisotopic (exact) mass is 594 g/mol. The van der Waals surface area contributed by atoms with Gasteiger partial charge in [-0.3, -0.25) is 14.6 Å². The van der Waals surface area contributed by atoms with Crippen molar-refractivity contribution in [3.05, 3.63) is 36.6 Å². The molecular formula is C32H58N4O4S. The summed E-state index contributed by atoms with van der Waals surface area (Å²) in [5.74, 6) is 0.356. The van der Waals surface area contributed by atoms with Crippen LogP contribution in [0.25, 0.3) is 0 Å². The fourth-order valence-electron chi connectivity index (χ4n) is 4.86. The highest BCUT2D eigenvalue weighted by atomic mass is 32.2. The molecule has 0 amide bonds. The fourth-order valence-corrected chi connectivity index (χ4v) is 6.04. The average Bonchev–Trinajstić information content (AvgIpc) is 3.39. The van der Waals surface area contributed by atoms with Crippen LogP contribution < -0.4 is 11.1 Å². The fraction of sp³-hybridized carbons (Fsp3) is 0.750. The predicted octanol–water partition coefficient (Wildman–Crippen LogP) is 6.20. The number of carboxylic acids is 1. The Balaban J connectivity index is 2.91. The summed E-state index contributed by atoms with van der Waals surface area (Å²) in [6, 6.07) is -0.0156. The number of thioether (sulfide) groups is 1. The Labute approximate surface area is 254 Å². The molecule has 0 fully saturated rings. The van der Waals surface area contributed by atoms with Gasteiger partial charge in [0, 0.05) is 43.7 Å². The topological polar surface area (TPSA) is 109 Å². The Morgan fingerprint density at radius 1 is 1.32 bits per heavy atom. The SMILES string of the molecule is C=C(NC(C/C=C/CC(N)/C=C\C)CC(C)(C)C(=O)O)C1CSC(C(CC(C(C)C)N(C)OCCCCC)OC)=N1. The number of carbonyl (C=O) groups is 1. The highest BCUT2D eigenvalue weighted by molar-refractivity contribution is 8.14. The number of unbranched alkanes of at least 4 members (excludes halogenated alkanes) is 2. The maximum absolute atomic E-state index is 11.9. The number of hydroxylamine groups is 2. The molecule has 236 valence electrons. The van der Waals surface area contributed by atoms with Crippen LogP contribution in [0.5, 0.6) is 0 Å². The van der Waals surface area contributed by atoms with Crippen molar-refractivity contribution in [3.63, 3.8) is 0 Å². The van der Waals surface area contributed by atoms with E-state index in [1.165, 1.54) is 12.8 Å². The van der Waals surface area contributed by atoms with Crippen molar-refractivity contribution < 1.29 is 19.5 Å². The van der Waals surface area contributed by atoms with Crippen LogP contribution in [0.15, 0.2) is 41.6 Å². The number of hydrogen-bond acceptors (Lipinski definition) is 8. The average molecular weight is 595 g/mol. The number of carboxylic acid groups (broad SMARTS) is 1. The second-order valence-corrected chi connectivity index (χ2v) is 13.1. The lowest BCUT2D eigenvalue weighted by molar-refractivity contribution is -0.182. The van der Waals surface area contributed by atoms with Crippen LogP contribution in [0.1, 0.15) is 86.5 Å². The number of nitrogens with zero attached hydrogens (tertiary/aromatic N) is 2. The van der Waals surface area contributed by atoms with Gasteiger partial charge in [-0.2, -0.15) is 5.06 Å². The van der Waals surface area contributed by atoms with Crippen LogP contribution in [0.2, 0.25) is 0 Å². The van der Waals surface area contributed by atoms with Gasteiger partial charge >= 0.3 is 5.97 Å². The first-order valence-corrected chi connectivity index (χ1v) is 16.2. The molecule has 0 aliphatic carbocycles. The van der Waals surface area contributed by atoms with Gasteiger partial charge in [0.2, 0.25) is 0 Å². The van der Waals surface area contributed by atoms with Crippen molar-refractivity contribution in [3.8, 4) is 0 Å². The summed E-state index contributed by atoms with van der Waals surface area (Å²) in [7, 11) is 3.76. The van der Waals surface area contributed by atoms with Crippen LogP contribution in [0, 0.1) is 11.3 Å². The zero-order valence-corrected chi connectivity index (χ0v) is 27.7. The lowest BCUT2D eigenvalue weighted by Crippen LogP contribution is -2.40. The Bertz CT molecular complexity index is 874. The number of allylic oxidation sites excluding steroid dienone is 1. The van der Waals surface area contributed by atoms with Crippen LogP contribution in [0.3, 0.4) is 0 Å². The largest absolute Gasteiger partial charge is 0.481 e. The third kappa shape index (κ3) is 13.9. The first-order chi connectivity index (χ1) is 19.4. The maximum Gasteiger partial charge on any atom is 0.309 e. The molecule has 0 bridgehead atoms. The zero-order chi connectivity index (χ0) is 31.0. The number of ether oxygens (including phenoxy) is 1. The lowest BCUT2D eigenvalue weighted by atomic mass is 9.84. The lowest BCUT2D eigenvalue weighted by Gasteiger charge is -2.32. The summed E-state index contributed by atoms with van der Waals surface area (Å²) in [4.78, 5) is 22.9. The molecular weight excluding hydrogens is 536 g/mol. The van der Waals surface area contributed by atoms with E-state index in [1.807, 2.05) is 31.2 Å². The predicted molar refractivity (Wildman–Crippen MR) is 174 cm³/mol.